The predicted molar refractivity (Wildman–Crippen MR) is 198 cm³/mol. The molecule has 0 saturated heterocycles. The molecule has 0 radical (unpaired) electrons. The van der Waals surface area contributed by atoms with Crippen molar-refractivity contribution in [3.8, 4) is 0 Å². The average Bonchev–Trinajstić information content (AvgIpc) is 3.05. The fourth-order valence-corrected chi connectivity index (χ4v) is 5.39. The Morgan fingerprint density at radius 1 is 0.562 bits per heavy atom. The molecule has 0 rings (SSSR count). The molecule has 1 unspecified atom stereocenters. The number of unbranched alkanes of at least 4 members (excludes halogenated alkanes) is 16. The standard InChI is InChI=1S/C39H69O8P/c1-3-5-7-9-11-13-15-17-18-19-20-22-24-26-28-30-32-34-39(41)47-37(36-46-48(42,43)44)35-45-38(40)33-31-29-27-25-23-21-16-14-12-10-8-6-4-2/h5,7,11,13-14,16-18,37H,3-4,6,8-10,12,15,19-36H2,1-2H3,(H2,42,43,44)/b7-5-,13-11-,16-14-,18-17-. The molecule has 278 valence electrons. The lowest BCUT2D eigenvalue weighted by molar-refractivity contribution is -0.161. The van der Waals surface area contributed by atoms with Crippen LogP contribution in [0.4, 0.5) is 0 Å². The minimum atomic E-state index is -4.75. The van der Waals surface area contributed by atoms with Gasteiger partial charge in [0.25, 0.3) is 0 Å². The van der Waals surface area contributed by atoms with E-state index in [9.17, 15) is 14.2 Å². The Hall–Kier alpha value is -1.99. The molecule has 0 heterocycles. The minimum absolute atomic E-state index is 0.198. The molecule has 0 amide bonds. The van der Waals surface area contributed by atoms with Crippen molar-refractivity contribution in [1.29, 1.82) is 0 Å². The highest BCUT2D eigenvalue weighted by Crippen LogP contribution is 2.36. The second-order valence-corrected chi connectivity index (χ2v) is 13.8. The van der Waals surface area contributed by atoms with Gasteiger partial charge in [-0.1, -0.05) is 133 Å². The van der Waals surface area contributed by atoms with Gasteiger partial charge in [-0.25, -0.2) is 4.57 Å². The first-order valence-electron chi connectivity index (χ1n) is 18.9. The highest BCUT2D eigenvalue weighted by atomic mass is 31.2. The second kappa shape index (κ2) is 34.9. The van der Waals surface area contributed by atoms with Crippen molar-refractivity contribution in [1.82, 2.24) is 0 Å². The van der Waals surface area contributed by atoms with Crippen LogP contribution < -0.4 is 0 Å². The summed E-state index contributed by atoms with van der Waals surface area (Å²) in [4.78, 5) is 42.7. The van der Waals surface area contributed by atoms with Gasteiger partial charge >= 0.3 is 19.8 Å². The van der Waals surface area contributed by atoms with Crippen LogP contribution in [0.1, 0.15) is 168 Å². The zero-order valence-corrected chi connectivity index (χ0v) is 31.3. The lowest BCUT2D eigenvalue weighted by Gasteiger charge is -2.18. The van der Waals surface area contributed by atoms with Crippen LogP contribution in [0.25, 0.3) is 0 Å². The summed E-state index contributed by atoms with van der Waals surface area (Å²) in [5, 5.41) is 0. The van der Waals surface area contributed by atoms with E-state index in [4.69, 9.17) is 19.3 Å². The van der Waals surface area contributed by atoms with Crippen LogP contribution in [0.5, 0.6) is 0 Å². The van der Waals surface area contributed by atoms with Gasteiger partial charge in [-0.05, 0) is 70.6 Å². The lowest BCUT2D eigenvalue weighted by Crippen LogP contribution is -2.29. The van der Waals surface area contributed by atoms with E-state index >= 15 is 0 Å². The molecule has 0 aromatic rings. The van der Waals surface area contributed by atoms with Gasteiger partial charge in [0.2, 0.25) is 0 Å². The number of allylic oxidation sites excluding steroid dienone is 8. The molecule has 0 aliphatic carbocycles. The normalized spacial score (nSPS) is 13.0. The fourth-order valence-electron chi connectivity index (χ4n) is 5.03. The van der Waals surface area contributed by atoms with E-state index in [-0.39, 0.29) is 19.4 Å². The van der Waals surface area contributed by atoms with E-state index in [0.29, 0.717) is 12.8 Å². The number of phosphoric ester groups is 1. The van der Waals surface area contributed by atoms with Crippen LogP contribution in [0.15, 0.2) is 48.6 Å². The third-order valence-corrected chi connectivity index (χ3v) is 8.32. The highest BCUT2D eigenvalue weighted by molar-refractivity contribution is 7.46. The summed E-state index contributed by atoms with van der Waals surface area (Å²) in [6.45, 7) is 3.53. The van der Waals surface area contributed by atoms with Crippen LogP contribution in [0, 0.1) is 0 Å². The molecule has 9 heteroatoms. The Morgan fingerprint density at radius 2 is 1.00 bits per heavy atom. The predicted octanol–water partition coefficient (Wildman–Crippen LogP) is 11.2. The van der Waals surface area contributed by atoms with Crippen LogP contribution in [-0.2, 0) is 28.2 Å². The van der Waals surface area contributed by atoms with Crippen molar-refractivity contribution in [3.05, 3.63) is 48.6 Å². The van der Waals surface area contributed by atoms with Crippen molar-refractivity contribution < 1.29 is 37.9 Å². The number of carbonyl (C=O) groups is 2. The van der Waals surface area contributed by atoms with Gasteiger partial charge in [0.15, 0.2) is 6.10 Å². The SMILES string of the molecule is CC/C=C\C/C=C\C/C=C\CCCCCCCCCC(=O)OC(COC(=O)CCCCCCC/C=C\CCCCCC)COP(=O)(O)O. The van der Waals surface area contributed by atoms with Crippen LogP contribution in [-0.4, -0.2) is 41.0 Å². The highest BCUT2D eigenvalue weighted by Gasteiger charge is 2.22. The van der Waals surface area contributed by atoms with Crippen LogP contribution >= 0.6 is 7.82 Å². The summed E-state index contributed by atoms with van der Waals surface area (Å²) in [6.07, 6.45) is 41.1. The van der Waals surface area contributed by atoms with Crippen molar-refractivity contribution in [3.63, 3.8) is 0 Å². The summed E-state index contributed by atoms with van der Waals surface area (Å²) in [7, 11) is -4.75. The summed E-state index contributed by atoms with van der Waals surface area (Å²) in [5.41, 5.74) is 0. The van der Waals surface area contributed by atoms with E-state index in [2.05, 4.69) is 67.0 Å². The molecule has 0 aromatic carbocycles. The number of esters is 2. The first-order chi connectivity index (χ1) is 23.3. The summed E-state index contributed by atoms with van der Waals surface area (Å²) < 4.78 is 26.3. The minimum Gasteiger partial charge on any atom is -0.462 e. The Labute approximate surface area is 293 Å². The molecule has 0 bridgehead atoms. The molecular weight excluding hydrogens is 627 g/mol. The van der Waals surface area contributed by atoms with Crippen LogP contribution in [0.2, 0.25) is 0 Å². The first-order valence-corrected chi connectivity index (χ1v) is 20.5. The monoisotopic (exact) mass is 696 g/mol. The average molecular weight is 697 g/mol. The number of rotatable bonds is 34. The number of carbonyl (C=O) groups excluding carboxylic acids is 2. The zero-order chi connectivity index (χ0) is 35.4. The molecule has 8 nitrogen and oxygen atoms in total. The fraction of sp³-hybridized carbons (Fsp3) is 0.744. The van der Waals surface area contributed by atoms with Gasteiger partial charge < -0.3 is 19.3 Å². The van der Waals surface area contributed by atoms with Crippen molar-refractivity contribution >= 4 is 19.8 Å². The molecular formula is C39H69O8P. The number of hydrogen-bond acceptors (Lipinski definition) is 6. The van der Waals surface area contributed by atoms with Gasteiger partial charge in [-0.2, -0.15) is 0 Å². The number of hydrogen-bond donors (Lipinski definition) is 2. The summed E-state index contributed by atoms with van der Waals surface area (Å²) in [5.74, 6) is -0.909. The maximum atomic E-state index is 12.4. The zero-order valence-electron chi connectivity index (χ0n) is 30.4. The van der Waals surface area contributed by atoms with Gasteiger partial charge in [-0.3, -0.25) is 14.1 Å². The molecule has 1 atom stereocenters. The molecule has 0 spiro atoms. The Kier molecular flexibility index (Phi) is 33.4. The second-order valence-electron chi connectivity index (χ2n) is 12.5. The Balaban J connectivity index is 3.99. The summed E-state index contributed by atoms with van der Waals surface area (Å²) in [6, 6.07) is 0. The molecule has 0 fully saturated rings. The number of phosphoric acid groups is 1. The van der Waals surface area contributed by atoms with E-state index in [1.54, 1.807) is 0 Å². The van der Waals surface area contributed by atoms with E-state index in [0.717, 1.165) is 77.0 Å². The van der Waals surface area contributed by atoms with Gasteiger partial charge in [0, 0.05) is 12.8 Å². The molecule has 48 heavy (non-hydrogen) atoms. The van der Waals surface area contributed by atoms with E-state index < -0.39 is 32.5 Å². The first kappa shape index (κ1) is 46.0. The van der Waals surface area contributed by atoms with Crippen molar-refractivity contribution in [2.24, 2.45) is 0 Å². The maximum Gasteiger partial charge on any atom is 0.469 e. The topological polar surface area (TPSA) is 119 Å². The lowest BCUT2D eigenvalue weighted by atomic mass is 10.1. The molecule has 0 aromatic heterocycles. The smallest absolute Gasteiger partial charge is 0.462 e. The van der Waals surface area contributed by atoms with Gasteiger partial charge in [-0.15, -0.1) is 0 Å². The molecule has 2 N–H and O–H groups in total. The largest absolute Gasteiger partial charge is 0.469 e. The maximum absolute atomic E-state index is 12.4. The third-order valence-electron chi connectivity index (χ3n) is 7.83. The quantitative estimate of drug-likeness (QED) is 0.0295. The summed E-state index contributed by atoms with van der Waals surface area (Å²) >= 11 is 0. The van der Waals surface area contributed by atoms with Gasteiger partial charge in [0.05, 0.1) is 6.61 Å². The van der Waals surface area contributed by atoms with Crippen molar-refractivity contribution in [2.75, 3.05) is 13.2 Å². The van der Waals surface area contributed by atoms with Crippen molar-refractivity contribution in [2.45, 2.75) is 174 Å². The van der Waals surface area contributed by atoms with Gasteiger partial charge in [0.1, 0.15) is 6.61 Å². The number of ether oxygens (including phenoxy) is 2. The van der Waals surface area contributed by atoms with E-state index in [1.807, 2.05) is 0 Å². The Bertz CT molecular complexity index is 921. The Morgan fingerprint density at radius 3 is 1.52 bits per heavy atom. The molecule has 0 saturated carbocycles. The third kappa shape index (κ3) is 36.8. The van der Waals surface area contributed by atoms with E-state index in [1.165, 1.54) is 51.4 Å². The van der Waals surface area contributed by atoms with Crippen LogP contribution in [0.3, 0.4) is 0 Å². The molecule has 0 aliphatic heterocycles. The molecule has 0 aliphatic rings.